The summed E-state index contributed by atoms with van der Waals surface area (Å²) in [4.78, 5) is 0. The van der Waals surface area contributed by atoms with Crippen molar-refractivity contribution in [2.45, 2.75) is 44.6 Å². The van der Waals surface area contributed by atoms with Gasteiger partial charge in [-0.05, 0) is 44.1 Å². The molecule has 0 saturated carbocycles. The highest BCUT2D eigenvalue weighted by atomic mass is 16.3. The third kappa shape index (κ3) is 3.24. The molecule has 0 aliphatic heterocycles. The minimum atomic E-state index is -0.279. The van der Waals surface area contributed by atoms with E-state index in [9.17, 15) is 10.2 Å². The van der Waals surface area contributed by atoms with Crippen molar-refractivity contribution in [2.24, 2.45) is 5.92 Å². The summed E-state index contributed by atoms with van der Waals surface area (Å²) >= 11 is 0. The molecule has 0 saturated heterocycles. The zero-order chi connectivity index (χ0) is 11.4. The first-order valence-electron chi connectivity index (χ1n) is 6.17. The average Bonchev–Trinajstić information content (AvgIpc) is 2.30. The van der Waals surface area contributed by atoms with Crippen LogP contribution in [0.3, 0.4) is 0 Å². The fourth-order valence-corrected chi connectivity index (χ4v) is 2.35. The van der Waals surface area contributed by atoms with Gasteiger partial charge in [0.15, 0.2) is 0 Å². The van der Waals surface area contributed by atoms with Crippen molar-refractivity contribution in [1.29, 1.82) is 0 Å². The molecule has 2 unspecified atom stereocenters. The molecule has 2 aliphatic carbocycles. The van der Waals surface area contributed by atoms with Gasteiger partial charge in [0.25, 0.3) is 0 Å². The molecule has 0 aromatic rings. The zero-order valence-corrected chi connectivity index (χ0v) is 9.60. The predicted octanol–water partition coefficient (Wildman–Crippen LogP) is 3.26. The standard InChI is InChI=1S/C14H20O2/c15-13-7-3-11(4-8-13)1-2-12-5-9-14(16)10-6-12/h3-4,7,9,12-13,15-16H,1-2,5-6,8,10H2. The van der Waals surface area contributed by atoms with Crippen LogP contribution in [0.2, 0.25) is 0 Å². The second-order valence-corrected chi connectivity index (χ2v) is 4.82. The summed E-state index contributed by atoms with van der Waals surface area (Å²) in [6.45, 7) is 0. The van der Waals surface area contributed by atoms with Crippen LogP contribution in [0.25, 0.3) is 0 Å². The maximum atomic E-state index is 9.31. The molecule has 0 aromatic heterocycles. The molecule has 0 spiro atoms. The quantitative estimate of drug-likeness (QED) is 0.766. The Hall–Kier alpha value is -1.02. The molecule has 0 heterocycles. The van der Waals surface area contributed by atoms with Crippen molar-refractivity contribution in [3.8, 4) is 0 Å². The summed E-state index contributed by atoms with van der Waals surface area (Å²) in [5, 5.41) is 18.6. The topological polar surface area (TPSA) is 40.5 Å². The smallest absolute Gasteiger partial charge is 0.0883 e. The van der Waals surface area contributed by atoms with Crippen molar-refractivity contribution in [1.82, 2.24) is 0 Å². The molecule has 0 radical (unpaired) electrons. The lowest BCUT2D eigenvalue weighted by Crippen LogP contribution is -2.07. The maximum Gasteiger partial charge on any atom is 0.0883 e. The summed E-state index contributed by atoms with van der Waals surface area (Å²) < 4.78 is 0. The van der Waals surface area contributed by atoms with Crippen LogP contribution in [0.5, 0.6) is 0 Å². The fourth-order valence-electron chi connectivity index (χ4n) is 2.35. The molecule has 2 atom stereocenters. The first kappa shape index (κ1) is 11.5. The first-order chi connectivity index (χ1) is 7.74. The largest absolute Gasteiger partial charge is 0.513 e. The molecule has 16 heavy (non-hydrogen) atoms. The van der Waals surface area contributed by atoms with E-state index in [2.05, 4.69) is 6.08 Å². The Bertz CT molecular complexity index is 326. The Morgan fingerprint density at radius 3 is 2.75 bits per heavy atom. The van der Waals surface area contributed by atoms with Crippen LogP contribution in [-0.2, 0) is 0 Å². The molecule has 0 fully saturated rings. The van der Waals surface area contributed by atoms with E-state index in [1.807, 2.05) is 18.2 Å². The highest BCUT2D eigenvalue weighted by Crippen LogP contribution is 2.28. The van der Waals surface area contributed by atoms with Gasteiger partial charge in [-0.1, -0.05) is 23.8 Å². The SMILES string of the molecule is OC1=CCC(CCC2=CCC(O)C=C2)CC1. The van der Waals surface area contributed by atoms with Gasteiger partial charge in [-0.2, -0.15) is 0 Å². The summed E-state index contributed by atoms with van der Waals surface area (Å²) in [5.74, 6) is 1.29. The molecule has 2 rings (SSSR count). The van der Waals surface area contributed by atoms with Gasteiger partial charge in [0.05, 0.1) is 11.9 Å². The van der Waals surface area contributed by atoms with Crippen LogP contribution in [-0.4, -0.2) is 16.3 Å². The highest BCUT2D eigenvalue weighted by molar-refractivity contribution is 5.24. The number of hydrogen-bond acceptors (Lipinski definition) is 2. The third-order valence-electron chi connectivity index (χ3n) is 3.49. The molecule has 0 aromatic carbocycles. The second-order valence-electron chi connectivity index (χ2n) is 4.82. The number of hydrogen-bond donors (Lipinski definition) is 2. The van der Waals surface area contributed by atoms with Crippen LogP contribution >= 0.6 is 0 Å². The minimum absolute atomic E-state index is 0.279. The molecular weight excluding hydrogens is 200 g/mol. The minimum Gasteiger partial charge on any atom is -0.513 e. The van der Waals surface area contributed by atoms with Crippen LogP contribution < -0.4 is 0 Å². The van der Waals surface area contributed by atoms with Crippen LogP contribution in [0.1, 0.15) is 38.5 Å². The Kier molecular flexibility index (Phi) is 3.83. The van der Waals surface area contributed by atoms with Gasteiger partial charge in [-0.25, -0.2) is 0 Å². The lowest BCUT2D eigenvalue weighted by molar-refractivity contribution is 0.225. The molecule has 88 valence electrons. The van der Waals surface area contributed by atoms with Crippen molar-refractivity contribution < 1.29 is 10.2 Å². The number of allylic oxidation sites excluding steroid dienone is 4. The van der Waals surface area contributed by atoms with Gasteiger partial charge in [-0.15, -0.1) is 0 Å². The predicted molar refractivity (Wildman–Crippen MR) is 65.1 cm³/mol. The Morgan fingerprint density at radius 1 is 1.25 bits per heavy atom. The molecule has 2 heteroatoms. The number of aliphatic hydroxyl groups is 2. The molecule has 0 bridgehead atoms. The van der Waals surface area contributed by atoms with Gasteiger partial charge in [0, 0.05) is 6.42 Å². The highest BCUT2D eigenvalue weighted by Gasteiger charge is 2.14. The lowest BCUT2D eigenvalue weighted by atomic mass is 9.87. The number of rotatable bonds is 3. The van der Waals surface area contributed by atoms with Crippen molar-refractivity contribution in [2.75, 3.05) is 0 Å². The maximum absolute atomic E-state index is 9.31. The first-order valence-corrected chi connectivity index (χ1v) is 6.17. The fraction of sp³-hybridized carbons (Fsp3) is 0.571. The number of aliphatic hydroxyl groups excluding tert-OH is 2. The van der Waals surface area contributed by atoms with E-state index in [0.717, 1.165) is 38.0 Å². The lowest BCUT2D eigenvalue weighted by Gasteiger charge is -2.20. The Labute approximate surface area is 97.0 Å². The molecular formula is C14H20O2. The van der Waals surface area contributed by atoms with Gasteiger partial charge >= 0.3 is 0 Å². The normalized spacial score (nSPS) is 29.8. The van der Waals surface area contributed by atoms with E-state index in [4.69, 9.17) is 0 Å². The summed E-state index contributed by atoms with van der Waals surface area (Å²) in [5.41, 5.74) is 1.35. The monoisotopic (exact) mass is 220 g/mol. The van der Waals surface area contributed by atoms with Gasteiger partial charge in [-0.3, -0.25) is 0 Å². The second kappa shape index (κ2) is 5.35. The Balaban J connectivity index is 1.74. The van der Waals surface area contributed by atoms with Crippen molar-refractivity contribution in [3.63, 3.8) is 0 Å². The third-order valence-corrected chi connectivity index (χ3v) is 3.49. The van der Waals surface area contributed by atoms with Crippen LogP contribution in [0, 0.1) is 5.92 Å². The van der Waals surface area contributed by atoms with E-state index in [1.54, 1.807) is 0 Å². The summed E-state index contributed by atoms with van der Waals surface area (Å²) in [6, 6.07) is 0. The summed E-state index contributed by atoms with van der Waals surface area (Å²) in [7, 11) is 0. The summed E-state index contributed by atoms with van der Waals surface area (Å²) in [6.07, 6.45) is 13.8. The van der Waals surface area contributed by atoms with Gasteiger partial charge < -0.3 is 10.2 Å². The molecule has 2 N–H and O–H groups in total. The van der Waals surface area contributed by atoms with E-state index >= 15 is 0 Å². The van der Waals surface area contributed by atoms with Crippen LogP contribution in [0.4, 0.5) is 0 Å². The van der Waals surface area contributed by atoms with Crippen molar-refractivity contribution in [3.05, 3.63) is 35.6 Å². The van der Waals surface area contributed by atoms with E-state index in [-0.39, 0.29) is 6.10 Å². The van der Waals surface area contributed by atoms with Crippen molar-refractivity contribution >= 4 is 0 Å². The van der Waals surface area contributed by atoms with E-state index in [0.29, 0.717) is 5.76 Å². The molecule has 2 aliphatic rings. The zero-order valence-electron chi connectivity index (χ0n) is 9.60. The van der Waals surface area contributed by atoms with E-state index < -0.39 is 0 Å². The Morgan fingerprint density at radius 2 is 2.12 bits per heavy atom. The molecule has 2 nitrogen and oxygen atoms in total. The van der Waals surface area contributed by atoms with Gasteiger partial charge in [0.2, 0.25) is 0 Å². The van der Waals surface area contributed by atoms with Gasteiger partial charge in [0.1, 0.15) is 0 Å². The van der Waals surface area contributed by atoms with Crippen LogP contribution in [0.15, 0.2) is 35.6 Å². The van der Waals surface area contributed by atoms with E-state index in [1.165, 1.54) is 12.0 Å². The molecule has 0 amide bonds. The average molecular weight is 220 g/mol.